The lowest BCUT2D eigenvalue weighted by atomic mass is 9.99. The van der Waals surface area contributed by atoms with Gasteiger partial charge < -0.3 is 20.3 Å². The van der Waals surface area contributed by atoms with Crippen LogP contribution < -0.4 is 20.3 Å². The van der Waals surface area contributed by atoms with Crippen LogP contribution in [0.3, 0.4) is 0 Å². The van der Waals surface area contributed by atoms with Crippen LogP contribution in [0.4, 0.5) is 17.2 Å². The summed E-state index contributed by atoms with van der Waals surface area (Å²) in [5, 5.41) is 9.04. The molecule has 1 aromatic heterocycles. The summed E-state index contributed by atoms with van der Waals surface area (Å²) in [5.74, 6) is 1.62. The average Bonchev–Trinajstić information content (AvgIpc) is 2.74. The lowest BCUT2D eigenvalue weighted by Gasteiger charge is -2.37. The molecule has 0 radical (unpaired) electrons. The average molecular weight is 475 g/mol. The van der Waals surface area contributed by atoms with Gasteiger partial charge in [-0.3, -0.25) is 0 Å². The largest absolute Gasteiger partial charge is 0.497 e. The highest BCUT2D eigenvalue weighted by molar-refractivity contribution is 6.30. The van der Waals surface area contributed by atoms with Crippen LogP contribution in [-0.4, -0.2) is 36.8 Å². The van der Waals surface area contributed by atoms with E-state index in [4.69, 9.17) is 21.3 Å². The van der Waals surface area contributed by atoms with Crippen molar-refractivity contribution in [2.75, 3.05) is 30.4 Å². The molecule has 0 spiro atoms. The van der Waals surface area contributed by atoms with Crippen LogP contribution >= 0.6 is 24.0 Å². The molecule has 0 atom stereocenters. The number of nitrogens with zero attached hydrogens (tertiary/aromatic N) is 2. The third-order valence-electron chi connectivity index (χ3n) is 5.58. The molecule has 4 rings (SSSR count). The molecule has 3 aromatic rings. The summed E-state index contributed by atoms with van der Waals surface area (Å²) in [4.78, 5) is 7.33. The summed E-state index contributed by atoms with van der Waals surface area (Å²) in [6.45, 7) is 8.73. The molecule has 32 heavy (non-hydrogen) atoms. The van der Waals surface area contributed by atoms with Crippen molar-refractivity contribution in [2.24, 2.45) is 0 Å². The predicted octanol–water partition coefficient (Wildman–Crippen LogP) is 6.42. The van der Waals surface area contributed by atoms with E-state index in [1.54, 1.807) is 7.11 Å². The first-order valence-electron chi connectivity index (χ1n) is 10.8. The van der Waals surface area contributed by atoms with Gasteiger partial charge in [-0.25, -0.2) is 4.98 Å². The van der Waals surface area contributed by atoms with Gasteiger partial charge in [-0.2, -0.15) is 0 Å². The first-order chi connectivity index (χ1) is 14.8. The zero-order valence-electron chi connectivity index (χ0n) is 19.1. The number of halogens is 2. The molecule has 1 aliphatic rings. The van der Waals surface area contributed by atoms with Crippen molar-refractivity contribution < 1.29 is 4.74 Å². The van der Waals surface area contributed by atoms with Crippen molar-refractivity contribution in [2.45, 2.75) is 45.2 Å². The fourth-order valence-electron chi connectivity index (χ4n) is 4.20. The third kappa shape index (κ3) is 5.97. The van der Waals surface area contributed by atoms with Gasteiger partial charge in [0.25, 0.3) is 0 Å². The topological polar surface area (TPSA) is 49.4 Å². The van der Waals surface area contributed by atoms with Gasteiger partial charge in [0.05, 0.1) is 12.6 Å². The number of piperidine rings is 1. The van der Waals surface area contributed by atoms with E-state index in [2.05, 4.69) is 48.4 Å². The number of anilines is 3. The molecule has 0 saturated carbocycles. The smallest absolute Gasteiger partial charge is 0.133 e. The number of methoxy groups -OCH3 is 1. The first kappa shape index (κ1) is 24.4. The molecule has 172 valence electrons. The maximum Gasteiger partial charge on any atom is 0.133 e. The number of nitrogens with one attached hydrogen (secondary N) is 2. The maximum absolute atomic E-state index is 6.04. The van der Waals surface area contributed by atoms with Crippen molar-refractivity contribution in [3.63, 3.8) is 0 Å². The Morgan fingerprint density at radius 1 is 1.03 bits per heavy atom. The summed E-state index contributed by atoms with van der Waals surface area (Å²) >= 11 is 6.04. The molecule has 5 nitrogen and oxygen atoms in total. The number of pyridine rings is 1. The fourth-order valence-corrected chi connectivity index (χ4v) is 4.33. The first-order valence-corrected chi connectivity index (χ1v) is 11.2. The molecule has 0 unspecified atom stereocenters. The normalized spacial score (nSPS) is 14.8. The van der Waals surface area contributed by atoms with E-state index in [-0.39, 0.29) is 17.9 Å². The SMILES string of the molecule is COc1ccc2c(N3CCC(NC(C)(C)C)CC3)cc(Nc3ccc(Cl)cc3)nc2c1.Cl. The van der Waals surface area contributed by atoms with Crippen LogP contribution in [0.1, 0.15) is 33.6 Å². The second-order valence-electron chi connectivity index (χ2n) is 9.20. The van der Waals surface area contributed by atoms with Crippen molar-refractivity contribution in [1.82, 2.24) is 10.3 Å². The summed E-state index contributed by atoms with van der Waals surface area (Å²) < 4.78 is 5.44. The monoisotopic (exact) mass is 474 g/mol. The molecule has 7 heteroatoms. The number of ether oxygens (including phenoxy) is 1. The van der Waals surface area contributed by atoms with E-state index in [9.17, 15) is 0 Å². The van der Waals surface area contributed by atoms with Gasteiger partial charge in [0.1, 0.15) is 11.6 Å². The molecule has 0 amide bonds. The van der Waals surface area contributed by atoms with Crippen molar-refractivity contribution in [1.29, 1.82) is 0 Å². The fraction of sp³-hybridized carbons (Fsp3) is 0.400. The maximum atomic E-state index is 6.04. The van der Waals surface area contributed by atoms with Crippen molar-refractivity contribution in [3.8, 4) is 5.75 Å². The van der Waals surface area contributed by atoms with Gasteiger partial charge in [0, 0.05) is 58.6 Å². The molecule has 1 saturated heterocycles. The van der Waals surface area contributed by atoms with Gasteiger partial charge in [-0.05, 0) is 70.0 Å². The van der Waals surface area contributed by atoms with Gasteiger partial charge in [0.15, 0.2) is 0 Å². The standard InChI is InChI=1S/C25H31ClN4O.ClH/c1-25(2,3)29-19-11-13-30(14-12-19)23-16-24(27-18-7-5-17(26)6-8-18)28-22-15-20(31-4)9-10-21(22)23;/h5-10,15-16,19,29H,11-14H2,1-4H3,(H,27,28);1H. The molecular weight excluding hydrogens is 443 g/mol. The Bertz CT molecular complexity index is 1040. The zero-order valence-corrected chi connectivity index (χ0v) is 20.7. The third-order valence-corrected chi connectivity index (χ3v) is 5.84. The Hall–Kier alpha value is -2.21. The van der Waals surface area contributed by atoms with E-state index in [1.807, 2.05) is 36.4 Å². The van der Waals surface area contributed by atoms with Crippen LogP contribution in [0.5, 0.6) is 5.75 Å². The van der Waals surface area contributed by atoms with Gasteiger partial charge >= 0.3 is 0 Å². The highest BCUT2D eigenvalue weighted by Gasteiger charge is 2.24. The Kier molecular flexibility index (Phi) is 7.75. The van der Waals surface area contributed by atoms with Gasteiger partial charge in [-0.15, -0.1) is 12.4 Å². The zero-order chi connectivity index (χ0) is 22.0. The van der Waals surface area contributed by atoms with E-state index in [1.165, 1.54) is 5.69 Å². The molecule has 1 fully saturated rings. The van der Waals surface area contributed by atoms with E-state index in [0.717, 1.165) is 54.1 Å². The minimum Gasteiger partial charge on any atom is -0.497 e. The lowest BCUT2D eigenvalue weighted by Crippen LogP contribution is -2.49. The minimum atomic E-state index is 0. The van der Waals surface area contributed by atoms with Crippen LogP contribution in [-0.2, 0) is 0 Å². The number of rotatable bonds is 5. The molecule has 1 aliphatic heterocycles. The highest BCUT2D eigenvalue weighted by atomic mass is 35.5. The van der Waals surface area contributed by atoms with Crippen molar-refractivity contribution >= 4 is 52.1 Å². The Balaban J connectivity index is 0.00000289. The molecule has 2 heterocycles. The molecule has 0 bridgehead atoms. The number of fused-ring (bicyclic) bond motifs is 1. The van der Waals surface area contributed by atoms with Crippen LogP contribution in [0.2, 0.25) is 5.02 Å². The molecular formula is C25H32Cl2N4O. The lowest BCUT2D eigenvalue weighted by molar-refractivity contribution is 0.317. The summed E-state index contributed by atoms with van der Waals surface area (Å²) in [6.07, 6.45) is 2.24. The van der Waals surface area contributed by atoms with Crippen LogP contribution in [0, 0.1) is 0 Å². The van der Waals surface area contributed by atoms with Crippen molar-refractivity contribution in [3.05, 3.63) is 53.6 Å². The summed E-state index contributed by atoms with van der Waals surface area (Å²) in [5.41, 5.74) is 3.22. The van der Waals surface area contributed by atoms with Crippen LogP contribution in [0.25, 0.3) is 10.9 Å². The Morgan fingerprint density at radius 3 is 2.34 bits per heavy atom. The summed E-state index contributed by atoms with van der Waals surface area (Å²) in [6, 6.07) is 16.5. The quantitative estimate of drug-likeness (QED) is 0.446. The van der Waals surface area contributed by atoms with E-state index < -0.39 is 0 Å². The van der Waals surface area contributed by atoms with E-state index in [0.29, 0.717) is 11.1 Å². The molecule has 2 N–H and O–H groups in total. The number of hydrogen-bond donors (Lipinski definition) is 2. The Morgan fingerprint density at radius 2 is 1.72 bits per heavy atom. The number of hydrogen-bond acceptors (Lipinski definition) is 5. The van der Waals surface area contributed by atoms with Gasteiger partial charge in [0.2, 0.25) is 0 Å². The second kappa shape index (κ2) is 10.2. The number of benzene rings is 2. The summed E-state index contributed by atoms with van der Waals surface area (Å²) in [7, 11) is 1.69. The highest BCUT2D eigenvalue weighted by Crippen LogP contribution is 2.34. The Labute approximate surface area is 201 Å². The molecule has 2 aromatic carbocycles. The predicted molar refractivity (Wildman–Crippen MR) is 138 cm³/mol. The van der Waals surface area contributed by atoms with Gasteiger partial charge in [-0.1, -0.05) is 11.6 Å². The number of aromatic nitrogens is 1. The van der Waals surface area contributed by atoms with Crippen LogP contribution in [0.15, 0.2) is 48.5 Å². The molecule has 0 aliphatic carbocycles. The minimum absolute atomic E-state index is 0. The second-order valence-corrected chi connectivity index (χ2v) is 9.63. The van der Waals surface area contributed by atoms with E-state index >= 15 is 0 Å².